The second-order valence-corrected chi connectivity index (χ2v) is 8.49. The van der Waals surface area contributed by atoms with E-state index in [1.54, 1.807) is 0 Å². The van der Waals surface area contributed by atoms with Gasteiger partial charge in [0.15, 0.2) is 0 Å². The number of benzene rings is 1. The van der Waals surface area contributed by atoms with E-state index in [-0.39, 0.29) is 18.3 Å². The van der Waals surface area contributed by atoms with Crippen LogP contribution in [0, 0.1) is 5.92 Å². The van der Waals surface area contributed by atoms with Crippen molar-refractivity contribution in [3.05, 3.63) is 40.2 Å². The van der Waals surface area contributed by atoms with Crippen LogP contribution in [-0.4, -0.2) is 42.1 Å². The molecule has 1 aliphatic carbocycles. The van der Waals surface area contributed by atoms with E-state index in [2.05, 4.69) is 18.3 Å². The summed E-state index contributed by atoms with van der Waals surface area (Å²) in [5, 5.41) is 13.6. The van der Waals surface area contributed by atoms with Crippen molar-refractivity contribution in [2.24, 2.45) is 5.92 Å². The maximum atomic E-state index is 13.3. The molecule has 0 amide bonds. The molecule has 1 heterocycles. The van der Waals surface area contributed by atoms with Crippen molar-refractivity contribution in [3.63, 3.8) is 0 Å². The van der Waals surface area contributed by atoms with Gasteiger partial charge in [-0.3, -0.25) is 4.79 Å². The molecule has 1 unspecified atom stereocenters. The normalized spacial score (nSPS) is 15.6. The summed E-state index contributed by atoms with van der Waals surface area (Å²) >= 11 is 0. The Kier molecular flexibility index (Phi) is 9.37. The first-order chi connectivity index (χ1) is 15.2. The Bertz CT molecular complexity index is 874. The van der Waals surface area contributed by atoms with Gasteiger partial charge in [0.1, 0.15) is 5.75 Å². The van der Waals surface area contributed by atoms with E-state index in [0.717, 1.165) is 54.4 Å². The number of aromatic nitrogens is 1. The monoisotopic (exact) mass is 430 g/mol. The van der Waals surface area contributed by atoms with Gasteiger partial charge in [0, 0.05) is 37.9 Å². The number of aliphatic hydroxyl groups is 1. The number of nitrogens with zero attached hydrogens (tertiary/aromatic N) is 1. The van der Waals surface area contributed by atoms with Crippen molar-refractivity contribution in [2.45, 2.75) is 71.6 Å². The van der Waals surface area contributed by atoms with Crippen molar-refractivity contribution < 1.29 is 14.6 Å². The molecular weight excluding hydrogens is 392 g/mol. The first kappa shape index (κ1) is 23.8. The van der Waals surface area contributed by atoms with E-state index in [4.69, 9.17) is 9.47 Å². The van der Waals surface area contributed by atoms with E-state index < -0.39 is 0 Å². The zero-order chi connectivity index (χ0) is 22.1. The van der Waals surface area contributed by atoms with Crippen molar-refractivity contribution in [3.8, 4) is 5.75 Å². The molecule has 31 heavy (non-hydrogen) atoms. The van der Waals surface area contributed by atoms with E-state index in [9.17, 15) is 9.90 Å². The minimum absolute atomic E-state index is 0.0212. The number of rotatable bonds is 13. The van der Waals surface area contributed by atoms with Crippen LogP contribution in [0.3, 0.4) is 0 Å². The van der Waals surface area contributed by atoms with Gasteiger partial charge in [-0.2, -0.15) is 0 Å². The number of nitrogens with one attached hydrogen (secondary N) is 1. The number of pyridine rings is 1. The molecule has 172 valence electrons. The van der Waals surface area contributed by atoms with E-state index in [0.29, 0.717) is 32.2 Å². The largest absolute Gasteiger partial charge is 0.490 e. The van der Waals surface area contributed by atoms with Crippen LogP contribution in [0.15, 0.2) is 29.1 Å². The third-order valence-electron chi connectivity index (χ3n) is 6.27. The smallest absolute Gasteiger partial charge is 0.255 e. The van der Waals surface area contributed by atoms with Gasteiger partial charge in [0.25, 0.3) is 5.56 Å². The Morgan fingerprint density at radius 1 is 1.23 bits per heavy atom. The van der Waals surface area contributed by atoms with Crippen LogP contribution < -0.4 is 15.6 Å². The van der Waals surface area contributed by atoms with Gasteiger partial charge < -0.3 is 24.5 Å². The molecule has 0 aliphatic heterocycles. The summed E-state index contributed by atoms with van der Waals surface area (Å²) in [5.41, 5.74) is 1.68. The lowest BCUT2D eigenvalue weighted by atomic mass is 10.0. The second kappa shape index (κ2) is 12.2. The third kappa shape index (κ3) is 6.55. The lowest BCUT2D eigenvalue weighted by molar-refractivity contribution is 0.139. The van der Waals surface area contributed by atoms with E-state index >= 15 is 0 Å². The summed E-state index contributed by atoms with van der Waals surface area (Å²) in [6, 6.07) is 8.07. The highest BCUT2D eigenvalue weighted by Crippen LogP contribution is 2.27. The number of hydrogen-bond donors (Lipinski definition) is 2. The number of hydrogen-bond acceptors (Lipinski definition) is 5. The highest BCUT2D eigenvalue weighted by molar-refractivity contribution is 5.81. The second-order valence-electron chi connectivity index (χ2n) is 8.49. The molecule has 1 atom stereocenters. The molecule has 1 saturated carbocycles. The summed E-state index contributed by atoms with van der Waals surface area (Å²) in [6.45, 7) is 7.26. The molecule has 0 saturated heterocycles. The molecule has 0 radical (unpaired) electrons. The fourth-order valence-electron chi connectivity index (χ4n) is 4.38. The maximum Gasteiger partial charge on any atom is 0.255 e. The minimum atomic E-state index is 0.0212. The molecule has 6 nitrogen and oxygen atoms in total. The Hall–Kier alpha value is -1.89. The fourth-order valence-corrected chi connectivity index (χ4v) is 4.38. The number of ether oxygens (including phenoxy) is 2. The zero-order valence-electron chi connectivity index (χ0n) is 19.1. The summed E-state index contributed by atoms with van der Waals surface area (Å²) < 4.78 is 13.6. The van der Waals surface area contributed by atoms with Gasteiger partial charge in [0.2, 0.25) is 0 Å². The highest BCUT2D eigenvalue weighted by atomic mass is 16.5. The van der Waals surface area contributed by atoms with Crippen LogP contribution in [0.2, 0.25) is 0 Å². The molecule has 0 bridgehead atoms. The third-order valence-corrected chi connectivity index (χ3v) is 6.27. The Labute approximate surface area is 185 Å². The Morgan fingerprint density at radius 2 is 2.03 bits per heavy atom. The first-order valence-electron chi connectivity index (χ1n) is 11.9. The topological polar surface area (TPSA) is 72.7 Å². The lowest BCUT2D eigenvalue weighted by Gasteiger charge is -2.18. The molecule has 1 fully saturated rings. The first-order valence-corrected chi connectivity index (χ1v) is 11.9. The SMILES string of the molecule is CCOCCn1c(=O)c(CNCC(CC)CCO)cc2ccc(OC3CCCC3)cc21. The van der Waals surface area contributed by atoms with Crippen molar-refractivity contribution in [2.75, 3.05) is 26.4 Å². The summed E-state index contributed by atoms with van der Waals surface area (Å²) in [6.07, 6.45) is 6.74. The van der Waals surface area contributed by atoms with Crippen LogP contribution in [0.1, 0.15) is 57.9 Å². The highest BCUT2D eigenvalue weighted by Gasteiger charge is 2.17. The summed E-state index contributed by atoms with van der Waals surface area (Å²) in [4.78, 5) is 13.3. The molecule has 2 aromatic rings. The molecule has 2 N–H and O–H groups in total. The van der Waals surface area contributed by atoms with E-state index in [1.807, 2.05) is 29.7 Å². The van der Waals surface area contributed by atoms with Crippen LogP contribution in [0.25, 0.3) is 10.9 Å². The van der Waals surface area contributed by atoms with Gasteiger partial charge in [-0.25, -0.2) is 0 Å². The quantitative estimate of drug-likeness (QED) is 0.472. The van der Waals surface area contributed by atoms with Gasteiger partial charge in [-0.1, -0.05) is 13.3 Å². The van der Waals surface area contributed by atoms with Crippen molar-refractivity contribution >= 4 is 10.9 Å². The predicted molar refractivity (Wildman–Crippen MR) is 125 cm³/mol. The molecule has 6 heteroatoms. The molecule has 1 aromatic carbocycles. The summed E-state index contributed by atoms with van der Waals surface area (Å²) in [7, 11) is 0. The maximum absolute atomic E-state index is 13.3. The van der Waals surface area contributed by atoms with Gasteiger partial charge in [-0.05, 0) is 75.1 Å². The predicted octanol–water partition coefficient (Wildman–Crippen LogP) is 3.86. The Morgan fingerprint density at radius 3 is 2.74 bits per heavy atom. The van der Waals surface area contributed by atoms with Crippen LogP contribution >= 0.6 is 0 Å². The molecule has 1 aliphatic rings. The van der Waals surface area contributed by atoms with Gasteiger partial charge in [0.05, 0.1) is 18.2 Å². The van der Waals surface area contributed by atoms with Crippen LogP contribution in [0.4, 0.5) is 0 Å². The van der Waals surface area contributed by atoms with Crippen molar-refractivity contribution in [1.82, 2.24) is 9.88 Å². The standard InChI is InChI=1S/C25H38N2O4/c1-3-19(11-13-28)17-26-18-21-15-20-9-10-23(31-22-7-5-6-8-22)16-24(20)27(25(21)29)12-14-30-4-2/h9-10,15-16,19,22,26,28H,3-8,11-14,17-18H2,1-2H3. The molecule has 3 rings (SSSR count). The average Bonchev–Trinajstić information content (AvgIpc) is 3.28. The summed E-state index contributed by atoms with van der Waals surface area (Å²) in [5.74, 6) is 1.26. The van der Waals surface area contributed by atoms with Gasteiger partial charge in [-0.15, -0.1) is 0 Å². The van der Waals surface area contributed by atoms with Crippen molar-refractivity contribution in [1.29, 1.82) is 0 Å². The zero-order valence-corrected chi connectivity index (χ0v) is 19.1. The number of fused-ring (bicyclic) bond motifs is 1. The van der Waals surface area contributed by atoms with Crippen LogP contribution in [-0.2, 0) is 17.8 Å². The number of aliphatic hydroxyl groups excluding tert-OH is 1. The van der Waals surface area contributed by atoms with E-state index in [1.165, 1.54) is 12.8 Å². The molecule has 1 aromatic heterocycles. The lowest BCUT2D eigenvalue weighted by Crippen LogP contribution is -2.30. The average molecular weight is 431 g/mol. The Balaban J connectivity index is 1.83. The fraction of sp³-hybridized carbons (Fsp3) is 0.640. The van der Waals surface area contributed by atoms with Gasteiger partial charge >= 0.3 is 0 Å². The molecular formula is C25H38N2O4. The molecule has 0 spiro atoms. The van der Waals surface area contributed by atoms with Crippen LogP contribution in [0.5, 0.6) is 5.75 Å². The minimum Gasteiger partial charge on any atom is -0.490 e.